The zero-order valence-electron chi connectivity index (χ0n) is 9.24. The lowest BCUT2D eigenvalue weighted by Crippen LogP contribution is -2.48. The molecule has 0 rings (SSSR count). The van der Waals surface area contributed by atoms with Crippen molar-refractivity contribution in [3.63, 3.8) is 0 Å². The number of carbonyl (C=O) groups is 1. The van der Waals surface area contributed by atoms with Crippen molar-refractivity contribution in [1.82, 2.24) is 10.6 Å². The highest BCUT2D eigenvalue weighted by Gasteiger charge is 2.18. The van der Waals surface area contributed by atoms with Gasteiger partial charge in [0.15, 0.2) is 0 Å². The SMILES string of the molecule is CCCNC(=O)NC(C)(C)CCC. The molecule has 0 aliphatic rings. The third-order valence-electron chi connectivity index (χ3n) is 1.86. The summed E-state index contributed by atoms with van der Waals surface area (Å²) in [4.78, 5) is 11.3. The van der Waals surface area contributed by atoms with Crippen molar-refractivity contribution in [2.24, 2.45) is 0 Å². The van der Waals surface area contributed by atoms with E-state index in [0.29, 0.717) is 0 Å². The highest BCUT2D eigenvalue weighted by molar-refractivity contribution is 5.74. The molecule has 0 atom stereocenters. The van der Waals surface area contributed by atoms with Crippen molar-refractivity contribution < 1.29 is 4.79 Å². The molecule has 0 bridgehead atoms. The Hall–Kier alpha value is -0.730. The first-order valence-corrected chi connectivity index (χ1v) is 5.08. The number of urea groups is 1. The van der Waals surface area contributed by atoms with E-state index in [1.54, 1.807) is 0 Å². The van der Waals surface area contributed by atoms with Gasteiger partial charge in [0.05, 0.1) is 0 Å². The first-order valence-electron chi connectivity index (χ1n) is 5.08. The molecule has 0 aromatic rings. The van der Waals surface area contributed by atoms with Gasteiger partial charge in [-0.2, -0.15) is 0 Å². The second-order valence-electron chi connectivity index (χ2n) is 4.01. The predicted octanol–water partition coefficient (Wildman–Crippen LogP) is 2.27. The minimum atomic E-state index is -0.0907. The maximum Gasteiger partial charge on any atom is 0.315 e. The van der Waals surface area contributed by atoms with Gasteiger partial charge >= 0.3 is 6.03 Å². The Morgan fingerprint density at radius 1 is 1.23 bits per heavy atom. The van der Waals surface area contributed by atoms with E-state index in [2.05, 4.69) is 17.6 Å². The lowest BCUT2D eigenvalue weighted by molar-refractivity contribution is 0.227. The molecule has 78 valence electrons. The lowest BCUT2D eigenvalue weighted by atomic mass is 9.99. The van der Waals surface area contributed by atoms with Crippen molar-refractivity contribution >= 4 is 6.03 Å². The molecule has 0 saturated carbocycles. The molecule has 3 nitrogen and oxygen atoms in total. The van der Waals surface area contributed by atoms with Crippen LogP contribution >= 0.6 is 0 Å². The van der Waals surface area contributed by atoms with Crippen molar-refractivity contribution in [2.45, 2.75) is 52.5 Å². The first-order chi connectivity index (χ1) is 6.02. The van der Waals surface area contributed by atoms with Crippen LogP contribution in [0.4, 0.5) is 4.79 Å². The van der Waals surface area contributed by atoms with Gasteiger partial charge in [-0.3, -0.25) is 0 Å². The van der Waals surface area contributed by atoms with Crippen molar-refractivity contribution in [3.05, 3.63) is 0 Å². The molecule has 2 amide bonds. The Kier molecular flexibility index (Phi) is 5.51. The molecule has 0 heterocycles. The minimum Gasteiger partial charge on any atom is -0.338 e. The van der Waals surface area contributed by atoms with Crippen molar-refractivity contribution in [1.29, 1.82) is 0 Å². The van der Waals surface area contributed by atoms with Crippen LogP contribution in [0, 0.1) is 0 Å². The van der Waals surface area contributed by atoms with Gasteiger partial charge in [-0.25, -0.2) is 4.79 Å². The van der Waals surface area contributed by atoms with E-state index in [-0.39, 0.29) is 11.6 Å². The van der Waals surface area contributed by atoms with Gasteiger partial charge in [-0.1, -0.05) is 20.3 Å². The quantitative estimate of drug-likeness (QED) is 0.679. The molecule has 0 unspecified atom stereocenters. The van der Waals surface area contributed by atoms with Gasteiger partial charge in [-0.05, 0) is 26.7 Å². The van der Waals surface area contributed by atoms with E-state index < -0.39 is 0 Å². The largest absolute Gasteiger partial charge is 0.338 e. The summed E-state index contributed by atoms with van der Waals surface area (Å²) >= 11 is 0. The lowest BCUT2D eigenvalue weighted by Gasteiger charge is -2.25. The fourth-order valence-electron chi connectivity index (χ4n) is 1.28. The minimum absolute atomic E-state index is 0.0553. The highest BCUT2D eigenvalue weighted by Crippen LogP contribution is 2.09. The zero-order valence-corrected chi connectivity index (χ0v) is 9.24. The number of rotatable bonds is 5. The van der Waals surface area contributed by atoms with Crippen LogP contribution in [0.1, 0.15) is 47.0 Å². The van der Waals surface area contributed by atoms with E-state index >= 15 is 0 Å². The van der Waals surface area contributed by atoms with E-state index in [4.69, 9.17) is 0 Å². The van der Waals surface area contributed by atoms with Gasteiger partial charge in [0, 0.05) is 12.1 Å². The predicted molar refractivity (Wildman–Crippen MR) is 55.8 cm³/mol. The average Bonchev–Trinajstić information content (AvgIpc) is 1.99. The molecular weight excluding hydrogens is 164 g/mol. The Bertz CT molecular complexity index is 155. The van der Waals surface area contributed by atoms with Crippen LogP contribution in [0.25, 0.3) is 0 Å². The molecule has 0 aromatic carbocycles. The first kappa shape index (κ1) is 12.3. The van der Waals surface area contributed by atoms with Gasteiger partial charge in [0.2, 0.25) is 0 Å². The summed E-state index contributed by atoms with van der Waals surface area (Å²) in [5, 5.41) is 5.74. The Balaban J connectivity index is 3.75. The zero-order chi connectivity index (χ0) is 10.3. The van der Waals surface area contributed by atoms with E-state index in [9.17, 15) is 4.79 Å². The number of carbonyl (C=O) groups excluding carboxylic acids is 1. The Morgan fingerprint density at radius 3 is 2.31 bits per heavy atom. The fraction of sp³-hybridized carbons (Fsp3) is 0.900. The number of hydrogen-bond donors (Lipinski definition) is 2. The third-order valence-corrected chi connectivity index (χ3v) is 1.86. The maximum absolute atomic E-state index is 11.3. The van der Waals surface area contributed by atoms with Gasteiger partial charge in [0.25, 0.3) is 0 Å². The highest BCUT2D eigenvalue weighted by atomic mass is 16.2. The smallest absolute Gasteiger partial charge is 0.315 e. The van der Waals surface area contributed by atoms with Gasteiger partial charge < -0.3 is 10.6 Å². The maximum atomic E-state index is 11.3. The van der Waals surface area contributed by atoms with E-state index in [1.807, 2.05) is 20.8 Å². The summed E-state index contributed by atoms with van der Waals surface area (Å²) in [5.74, 6) is 0. The molecule has 0 fully saturated rings. The molecule has 13 heavy (non-hydrogen) atoms. The summed E-state index contributed by atoms with van der Waals surface area (Å²) < 4.78 is 0. The monoisotopic (exact) mass is 186 g/mol. The molecule has 0 aliphatic heterocycles. The Labute approximate surface area is 81.3 Å². The summed E-state index contributed by atoms with van der Waals surface area (Å²) in [5.41, 5.74) is -0.0907. The van der Waals surface area contributed by atoms with Gasteiger partial charge in [0.1, 0.15) is 0 Å². The summed E-state index contributed by atoms with van der Waals surface area (Å²) in [6.45, 7) is 8.99. The normalized spacial score (nSPS) is 11.1. The second-order valence-corrected chi connectivity index (χ2v) is 4.01. The number of nitrogens with one attached hydrogen (secondary N) is 2. The fourth-order valence-corrected chi connectivity index (χ4v) is 1.28. The molecule has 0 aromatic heterocycles. The van der Waals surface area contributed by atoms with Crippen LogP contribution < -0.4 is 10.6 Å². The van der Waals surface area contributed by atoms with Crippen LogP contribution in [0.2, 0.25) is 0 Å². The molecule has 0 saturated heterocycles. The molecule has 0 spiro atoms. The van der Waals surface area contributed by atoms with Crippen LogP contribution in [-0.2, 0) is 0 Å². The molecule has 2 N–H and O–H groups in total. The van der Waals surface area contributed by atoms with E-state index in [1.165, 1.54) is 0 Å². The summed E-state index contributed by atoms with van der Waals surface area (Å²) in [6.07, 6.45) is 3.06. The summed E-state index contributed by atoms with van der Waals surface area (Å²) in [6, 6.07) is -0.0553. The standard InChI is InChI=1S/C10H22N2O/c1-5-7-10(3,4)12-9(13)11-8-6-2/h5-8H2,1-4H3,(H2,11,12,13). The molecule has 0 aliphatic carbocycles. The molecular formula is C10H22N2O. The van der Waals surface area contributed by atoms with Crippen LogP contribution in [0.5, 0.6) is 0 Å². The third kappa shape index (κ3) is 6.43. The molecule has 3 heteroatoms. The topological polar surface area (TPSA) is 41.1 Å². The second kappa shape index (κ2) is 5.84. The molecule has 0 radical (unpaired) electrons. The Morgan fingerprint density at radius 2 is 1.85 bits per heavy atom. The van der Waals surface area contributed by atoms with E-state index in [0.717, 1.165) is 25.8 Å². The van der Waals surface area contributed by atoms with Gasteiger partial charge in [-0.15, -0.1) is 0 Å². The summed E-state index contributed by atoms with van der Waals surface area (Å²) in [7, 11) is 0. The average molecular weight is 186 g/mol. The van der Waals surface area contributed by atoms with Crippen molar-refractivity contribution in [2.75, 3.05) is 6.54 Å². The van der Waals surface area contributed by atoms with Crippen LogP contribution in [0.3, 0.4) is 0 Å². The number of hydrogen-bond acceptors (Lipinski definition) is 1. The van der Waals surface area contributed by atoms with Crippen LogP contribution in [-0.4, -0.2) is 18.1 Å². The number of amides is 2. The van der Waals surface area contributed by atoms with Crippen LogP contribution in [0.15, 0.2) is 0 Å². The van der Waals surface area contributed by atoms with Crippen molar-refractivity contribution in [3.8, 4) is 0 Å².